The number of amides is 1. The number of nitrogens with two attached hydrogens (primary N) is 1. The van der Waals surface area contributed by atoms with Crippen molar-refractivity contribution in [2.75, 3.05) is 19.7 Å². The molecule has 1 aliphatic heterocycles. The molecule has 0 spiro atoms. The number of hydrogen-bond donors (Lipinski definition) is 3. The van der Waals surface area contributed by atoms with Crippen LogP contribution in [0.15, 0.2) is 41.0 Å². The van der Waals surface area contributed by atoms with E-state index in [0.29, 0.717) is 0 Å². The first-order chi connectivity index (χ1) is 12.2. The topological polar surface area (TPSA) is 105 Å². The normalized spacial score (nSPS) is 17.4. The van der Waals surface area contributed by atoms with Crippen LogP contribution in [0.3, 0.4) is 0 Å². The number of oxazole rings is 1. The largest absolute Gasteiger partial charge is 0.446 e. The summed E-state index contributed by atoms with van der Waals surface area (Å²) < 4.78 is 5.15. The van der Waals surface area contributed by atoms with E-state index < -0.39 is 6.04 Å². The van der Waals surface area contributed by atoms with Gasteiger partial charge < -0.3 is 20.6 Å². The Kier molecular flexibility index (Phi) is 5.80. The minimum Gasteiger partial charge on any atom is -0.446 e. The van der Waals surface area contributed by atoms with Crippen LogP contribution in [0, 0.1) is 0 Å². The second kappa shape index (κ2) is 8.24. The van der Waals surface area contributed by atoms with Crippen molar-refractivity contribution in [2.45, 2.75) is 31.5 Å². The molecule has 0 aliphatic carbocycles. The number of carbonyl (C=O) groups excluding carboxylic acids is 1. The van der Waals surface area contributed by atoms with Crippen molar-refractivity contribution in [1.82, 2.24) is 15.2 Å². The first-order valence-electron chi connectivity index (χ1n) is 8.54. The van der Waals surface area contributed by atoms with Crippen LogP contribution in [0.1, 0.15) is 40.8 Å². The molecule has 1 aliphatic rings. The average molecular weight is 344 g/mol. The van der Waals surface area contributed by atoms with Gasteiger partial charge in [-0.1, -0.05) is 30.3 Å². The van der Waals surface area contributed by atoms with E-state index in [0.717, 1.165) is 32.5 Å². The van der Waals surface area contributed by atoms with Crippen molar-refractivity contribution in [3.63, 3.8) is 0 Å². The van der Waals surface area contributed by atoms with Gasteiger partial charge in [0.2, 0.25) is 5.89 Å². The molecule has 1 fully saturated rings. The van der Waals surface area contributed by atoms with Crippen molar-refractivity contribution < 1.29 is 14.3 Å². The fourth-order valence-electron chi connectivity index (χ4n) is 2.98. The van der Waals surface area contributed by atoms with E-state index in [9.17, 15) is 4.79 Å². The van der Waals surface area contributed by atoms with E-state index >= 15 is 0 Å². The molecule has 2 aromatic rings. The van der Waals surface area contributed by atoms with E-state index in [1.807, 2.05) is 6.07 Å². The SMILES string of the molecule is NC(CO)c1nc(C(=O)NC2CCN(Cc3ccccc3)CC2)co1. The molecule has 7 nitrogen and oxygen atoms in total. The Bertz CT molecular complexity index is 681. The van der Waals surface area contributed by atoms with Crippen LogP contribution in [0.5, 0.6) is 0 Å². The molecule has 1 unspecified atom stereocenters. The number of aromatic nitrogens is 1. The summed E-state index contributed by atoms with van der Waals surface area (Å²) in [5.74, 6) is -0.0908. The lowest BCUT2D eigenvalue weighted by Crippen LogP contribution is -2.44. The molecule has 1 aromatic carbocycles. The van der Waals surface area contributed by atoms with Crippen LogP contribution in [-0.2, 0) is 6.54 Å². The fraction of sp³-hybridized carbons (Fsp3) is 0.444. The highest BCUT2D eigenvalue weighted by Crippen LogP contribution is 2.15. The van der Waals surface area contributed by atoms with Gasteiger partial charge in [0.1, 0.15) is 12.3 Å². The monoisotopic (exact) mass is 344 g/mol. The number of likely N-dealkylation sites (tertiary alicyclic amines) is 1. The number of aliphatic hydroxyl groups excluding tert-OH is 1. The summed E-state index contributed by atoms with van der Waals surface area (Å²) in [6.45, 7) is 2.55. The number of piperidine rings is 1. The molecule has 1 saturated heterocycles. The Hall–Kier alpha value is -2.22. The van der Waals surface area contributed by atoms with E-state index in [4.69, 9.17) is 15.3 Å². The summed E-state index contributed by atoms with van der Waals surface area (Å²) in [6, 6.07) is 9.82. The van der Waals surface area contributed by atoms with Gasteiger partial charge in [-0.15, -0.1) is 0 Å². The zero-order chi connectivity index (χ0) is 17.6. The van der Waals surface area contributed by atoms with E-state index in [1.165, 1.54) is 11.8 Å². The van der Waals surface area contributed by atoms with Gasteiger partial charge >= 0.3 is 0 Å². The summed E-state index contributed by atoms with van der Waals surface area (Å²) in [7, 11) is 0. The van der Waals surface area contributed by atoms with Gasteiger partial charge in [-0.25, -0.2) is 4.98 Å². The van der Waals surface area contributed by atoms with Crippen molar-refractivity contribution >= 4 is 5.91 Å². The van der Waals surface area contributed by atoms with Crippen molar-refractivity contribution in [3.05, 3.63) is 53.7 Å². The minimum absolute atomic E-state index is 0.131. The van der Waals surface area contributed by atoms with E-state index in [1.54, 1.807) is 0 Å². The zero-order valence-corrected chi connectivity index (χ0v) is 14.1. The molecule has 7 heteroatoms. The molecule has 25 heavy (non-hydrogen) atoms. The van der Waals surface area contributed by atoms with Crippen LogP contribution in [0.2, 0.25) is 0 Å². The van der Waals surface area contributed by atoms with Gasteiger partial charge in [0.15, 0.2) is 5.69 Å². The Morgan fingerprint density at radius 3 is 2.76 bits per heavy atom. The molecule has 1 atom stereocenters. The van der Waals surface area contributed by atoms with Crippen molar-refractivity contribution in [1.29, 1.82) is 0 Å². The maximum Gasteiger partial charge on any atom is 0.273 e. The lowest BCUT2D eigenvalue weighted by molar-refractivity contribution is 0.0903. The maximum absolute atomic E-state index is 12.3. The van der Waals surface area contributed by atoms with Crippen molar-refractivity contribution in [3.8, 4) is 0 Å². The zero-order valence-electron chi connectivity index (χ0n) is 14.1. The van der Waals surface area contributed by atoms with Crippen molar-refractivity contribution in [2.24, 2.45) is 5.73 Å². The highest BCUT2D eigenvalue weighted by atomic mass is 16.3. The van der Waals surface area contributed by atoms with Gasteiger partial charge in [0.05, 0.1) is 6.61 Å². The summed E-state index contributed by atoms with van der Waals surface area (Å²) in [4.78, 5) is 18.7. The molecule has 1 aromatic heterocycles. The van der Waals surface area contributed by atoms with Gasteiger partial charge in [-0.3, -0.25) is 9.69 Å². The third kappa shape index (κ3) is 4.66. The number of nitrogens with zero attached hydrogens (tertiary/aromatic N) is 2. The summed E-state index contributed by atoms with van der Waals surface area (Å²) >= 11 is 0. The molecule has 4 N–H and O–H groups in total. The number of aliphatic hydroxyl groups is 1. The summed E-state index contributed by atoms with van der Waals surface area (Å²) in [6.07, 6.45) is 3.09. The standard InChI is InChI=1S/C18H24N4O3/c19-15(11-23)18-21-16(12-25-18)17(24)20-14-6-8-22(9-7-14)10-13-4-2-1-3-5-13/h1-5,12,14-15,23H,6-11,19H2,(H,20,24). The Morgan fingerprint density at radius 2 is 2.08 bits per heavy atom. The fourth-order valence-corrected chi connectivity index (χ4v) is 2.98. The first kappa shape index (κ1) is 17.6. The van der Waals surface area contributed by atoms with Crippen LogP contribution in [0.25, 0.3) is 0 Å². The van der Waals surface area contributed by atoms with Crippen LogP contribution < -0.4 is 11.1 Å². The third-order valence-corrected chi connectivity index (χ3v) is 4.44. The number of carbonyl (C=O) groups is 1. The van der Waals surface area contributed by atoms with Gasteiger partial charge in [0, 0.05) is 25.7 Å². The third-order valence-electron chi connectivity index (χ3n) is 4.44. The number of benzene rings is 1. The number of nitrogens with one attached hydrogen (secondary N) is 1. The van der Waals surface area contributed by atoms with Gasteiger partial charge in [-0.2, -0.15) is 0 Å². The molecule has 0 saturated carbocycles. The van der Waals surface area contributed by atoms with Crippen LogP contribution in [-0.4, -0.2) is 46.6 Å². The first-order valence-corrected chi connectivity index (χ1v) is 8.54. The number of rotatable bonds is 6. The smallest absolute Gasteiger partial charge is 0.273 e. The van der Waals surface area contributed by atoms with Gasteiger partial charge in [-0.05, 0) is 18.4 Å². The molecule has 0 bridgehead atoms. The average Bonchev–Trinajstić information content (AvgIpc) is 3.14. The number of hydrogen-bond acceptors (Lipinski definition) is 6. The second-order valence-corrected chi connectivity index (χ2v) is 6.37. The minimum atomic E-state index is -0.706. The summed E-state index contributed by atoms with van der Waals surface area (Å²) in [5, 5.41) is 12.0. The van der Waals surface area contributed by atoms with Crippen LogP contribution >= 0.6 is 0 Å². The van der Waals surface area contributed by atoms with E-state index in [-0.39, 0.29) is 30.1 Å². The predicted octanol–water partition coefficient (Wildman–Crippen LogP) is 1.06. The Morgan fingerprint density at radius 1 is 1.36 bits per heavy atom. The predicted molar refractivity (Wildman–Crippen MR) is 92.7 cm³/mol. The molecule has 0 radical (unpaired) electrons. The lowest BCUT2D eigenvalue weighted by atomic mass is 10.0. The Balaban J connectivity index is 1.47. The molecule has 1 amide bonds. The summed E-state index contributed by atoms with van der Waals surface area (Å²) in [5.41, 5.74) is 7.13. The second-order valence-electron chi connectivity index (χ2n) is 6.37. The molecule has 2 heterocycles. The quantitative estimate of drug-likeness (QED) is 0.724. The molecular formula is C18H24N4O3. The molecular weight excluding hydrogens is 320 g/mol. The highest BCUT2D eigenvalue weighted by Gasteiger charge is 2.23. The van der Waals surface area contributed by atoms with Crippen LogP contribution in [0.4, 0.5) is 0 Å². The Labute approximate surface area is 146 Å². The van der Waals surface area contributed by atoms with E-state index in [2.05, 4.69) is 39.5 Å². The highest BCUT2D eigenvalue weighted by molar-refractivity contribution is 5.92. The lowest BCUT2D eigenvalue weighted by Gasteiger charge is -2.32. The molecule has 134 valence electrons. The maximum atomic E-state index is 12.3. The molecule has 3 rings (SSSR count). The van der Waals surface area contributed by atoms with Gasteiger partial charge in [0.25, 0.3) is 5.91 Å².